The smallest absolute Gasteiger partial charge is 0.113 e. The van der Waals surface area contributed by atoms with Gasteiger partial charge in [-0.05, 0) is 35.7 Å². The second-order valence-electron chi connectivity index (χ2n) is 9.87. The van der Waals surface area contributed by atoms with Crippen LogP contribution in [0.5, 0.6) is 0 Å². The van der Waals surface area contributed by atoms with Gasteiger partial charge in [0, 0.05) is 11.3 Å². The average molecular weight is 541 g/mol. The lowest BCUT2D eigenvalue weighted by Crippen LogP contribution is -2.51. The molecule has 39 heavy (non-hydrogen) atoms. The van der Waals surface area contributed by atoms with Crippen molar-refractivity contribution in [1.29, 1.82) is 0 Å². The molecule has 1 fully saturated rings. The van der Waals surface area contributed by atoms with Gasteiger partial charge in [0.25, 0.3) is 0 Å². The van der Waals surface area contributed by atoms with Gasteiger partial charge < -0.3 is 18.9 Å². The van der Waals surface area contributed by atoms with E-state index in [4.69, 9.17) is 18.9 Å². The number of rotatable bonds is 12. The van der Waals surface area contributed by atoms with Crippen LogP contribution in [0.4, 0.5) is 0 Å². The van der Waals surface area contributed by atoms with Gasteiger partial charge in [0.05, 0.1) is 32.5 Å². The molecule has 0 aliphatic carbocycles. The predicted octanol–water partition coefficient (Wildman–Crippen LogP) is 7.59. The van der Waals surface area contributed by atoms with Gasteiger partial charge in [-0.15, -0.1) is 0 Å². The van der Waals surface area contributed by atoms with Gasteiger partial charge >= 0.3 is 0 Å². The third-order valence-electron chi connectivity index (χ3n) is 6.76. The Morgan fingerprint density at radius 2 is 1.21 bits per heavy atom. The van der Waals surface area contributed by atoms with Gasteiger partial charge in [0.2, 0.25) is 0 Å². The second-order valence-corrected chi connectivity index (χ2v) is 11.1. The van der Waals surface area contributed by atoms with Crippen molar-refractivity contribution < 1.29 is 18.9 Å². The summed E-state index contributed by atoms with van der Waals surface area (Å²) >= 11 is 1.74. The highest BCUT2D eigenvalue weighted by Crippen LogP contribution is 2.36. The topological polar surface area (TPSA) is 36.9 Å². The fraction of sp³-hybridized carbons (Fsp3) is 0.294. The highest BCUT2D eigenvalue weighted by molar-refractivity contribution is 7.99. The van der Waals surface area contributed by atoms with Crippen molar-refractivity contribution in [3.8, 4) is 0 Å². The lowest BCUT2D eigenvalue weighted by Gasteiger charge is -2.41. The Labute approximate surface area is 236 Å². The standard InChI is InChI=1S/C34H36O4S/c1-26-17-19-30(20-18-26)39-33-21-31(36-23-28-13-7-3-8-14-28)34(37-24-29-15-9-4-10-16-29)32(38-33)25-35-22-27-11-5-2-6-12-27/h2-20,31-34H,21-25H2,1H3/t31-,32-,33-,34+/m1/s1. The Morgan fingerprint density at radius 3 is 1.79 bits per heavy atom. The van der Waals surface area contributed by atoms with Crippen molar-refractivity contribution in [3.05, 3.63) is 138 Å². The monoisotopic (exact) mass is 540 g/mol. The molecule has 0 radical (unpaired) electrons. The fourth-order valence-corrected chi connectivity index (χ4v) is 5.74. The SMILES string of the molecule is Cc1ccc(S[C@@H]2C[C@@H](OCc3ccccc3)[C@H](OCc3ccccc3)[C@@H](COCc3ccccc3)O2)cc1. The maximum Gasteiger partial charge on any atom is 0.113 e. The van der Waals surface area contributed by atoms with E-state index in [9.17, 15) is 0 Å². The maximum atomic E-state index is 6.67. The number of hydrogen-bond acceptors (Lipinski definition) is 5. The largest absolute Gasteiger partial charge is 0.374 e. The van der Waals surface area contributed by atoms with Crippen LogP contribution in [0.25, 0.3) is 0 Å². The molecule has 1 heterocycles. The molecule has 1 aliphatic rings. The summed E-state index contributed by atoms with van der Waals surface area (Å²) in [5, 5.41) is 0. The molecule has 0 spiro atoms. The minimum Gasteiger partial charge on any atom is -0.374 e. The fourth-order valence-electron chi connectivity index (χ4n) is 4.66. The maximum absolute atomic E-state index is 6.67. The van der Waals surface area contributed by atoms with E-state index >= 15 is 0 Å². The number of hydrogen-bond donors (Lipinski definition) is 0. The second kappa shape index (κ2) is 14.5. The van der Waals surface area contributed by atoms with Crippen LogP contribution in [-0.4, -0.2) is 30.4 Å². The molecule has 0 N–H and O–H groups in total. The summed E-state index contributed by atoms with van der Waals surface area (Å²) < 4.78 is 26.0. The molecule has 4 aromatic carbocycles. The average Bonchev–Trinajstić information content (AvgIpc) is 2.98. The molecular formula is C34H36O4S. The summed E-state index contributed by atoms with van der Waals surface area (Å²) in [6, 6.07) is 39.4. The summed E-state index contributed by atoms with van der Waals surface area (Å²) in [5.74, 6) is 0. The molecule has 0 unspecified atom stereocenters. The molecule has 1 aliphatic heterocycles. The summed E-state index contributed by atoms with van der Waals surface area (Å²) in [6.45, 7) is 4.07. The number of thioether (sulfide) groups is 1. The highest BCUT2D eigenvalue weighted by atomic mass is 32.2. The first-order valence-corrected chi connectivity index (χ1v) is 14.4. The van der Waals surface area contributed by atoms with Crippen molar-refractivity contribution >= 4 is 11.8 Å². The molecular weight excluding hydrogens is 504 g/mol. The summed E-state index contributed by atoms with van der Waals surface area (Å²) in [7, 11) is 0. The van der Waals surface area contributed by atoms with Gasteiger partial charge in [-0.2, -0.15) is 0 Å². The Bertz CT molecular complexity index is 1230. The number of aryl methyl sites for hydroxylation is 1. The molecule has 5 heteroatoms. The summed E-state index contributed by atoms with van der Waals surface area (Å²) in [4.78, 5) is 1.18. The molecule has 0 aromatic heterocycles. The molecule has 5 rings (SSSR count). The molecule has 0 amide bonds. The Morgan fingerprint density at radius 1 is 0.667 bits per heavy atom. The molecule has 1 saturated heterocycles. The molecule has 4 nitrogen and oxygen atoms in total. The van der Waals surface area contributed by atoms with E-state index in [1.807, 2.05) is 54.6 Å². The van der Waals surface area contributed by atoms with Crippen molar-refractivity contribution in [3.63, 3.8) is 0 Å². The van der Waals surface area contributed by atoms with Gasteiger partial charge in [0.15, 0.2) is 0 Å². The van der Waals surface area contributed by atoms with Crippen LogP contribution in [0, 0.1) is 6.92 Å². The zero-order chi connectivity index (χ0) is 26.7. The van der Waals surface area contributed by atoms with Crippen LogP contribution in [0.15, 0.2) is 120 Å². The van der Waals surface area contributed by atoms with E-state index in [1.54, 1.807) is 11.8 Å². The third kappa shape index (κ3) is 8.53. The van der Waals surface area contributed by atoms with E-state index in [1.165, 1.54) is 10.5 Å². The molecule has 202 valence electrons. The van der Waals surface area contributed by atoms with Crippen LogP contribution in [0.3, 0.4) is 0 Å². The van der Waals surface area contributed by atoms with Gasteiger partial charge in [0.1, 0.15) is 17.6 Å². The molecule has 0 saturated carbocycles. The zero-order valence-corrected chi connectivity index (χ0v) is 23.2. The van der Waals surface area contributed by atoms with Crippen molar-refractivity contribution in [2.75, 3.05) is 6.61 Å². The quantitative estimate of drug-likeness (QED) is 0.185. The Kier molecular flexibility index (Phi) is 10.2. The van der Waals surface area contributed by atoms with Gasteiger partial charge in [-0.1, -0.05) is 120 Å². The first-order chi connectivity index (χ1) is 19.2. The first-order valence-electron chi connectivity index (χ1n) is 13.5. The number of benzene rings is 4. The predicted molar refractivity (Wildman–Crippen MR) is 156 cm³/mol. The lowest BCUT2D eigenvalue weighted by atomic mass is 10.0. The van der Waals surface area contributed by atoms with E-state index < -0.39 is 0 Å². The molecule has 4 atom stereocenters. The Hall–Kier alpha value is -2.93. The van der Waals surface area contributed by atoms with Crippen molar-refractivity contribution in [2.24, 2.45) is 0 Å². The molecule has 4 aromatic rings. The van der Waals surface area contributed by atoms with E-state index in [2.05, 4.69) is 67.6 Å². The van der Waals surface area contributed by atoms with Crippen LogP contribution in [-0.2, 0) is 38.8 Å². The van der Waals surface area contributed by atoms with Crippen LogP contribution < -0.4 is 0 Å². The normalized spacial score (nSPS) is 21.1. The molecule has 0 bridgehead atoms. The van der Waals surface area contributed by atoms with Crippen molar-refractivity contribution in [2.45, 2.75) is 61.8 Å². The third-order valence-corrected chi connectivity index (χ3v) is 7.87. The van der Waals surface area contributed by atoms with Crippen molar-refractivity contribution in [1.82, 2.24) is 0 Å². The minimum atomic E-state index is -0.269. The summed E-state index contributed by atoms with van der Waals surface area (Å²) in [5.41, 5.74) is 4.58. The van der Waals surface area contributed by atoms with Gasteiger partial charge in [-0.25, -0.2) is 0 Å². The van der Waals surface area contributed by atoms with Crippen LogP contribution >= 0.6 is 11.8 Å². The summed E-state index contributed by atoms with van der Waals surface area (Å²) in [6.07, 6.45) is 0.0467. The van der Waals surface area contributed by atoms with E-state index in [-0.39, 0.29) is 23.7 Å². The van der Waals surface area contributed by atoms with E-state index in [0.29, 0.717) is 26.4 Å². The van der Waals surface area contributed by atoms with E-state index in [0.717, 1.165) is 23.1 Å². The minimum absolute atomic E-state index is 0.0737. The lowest BCUT2D eigenvalue weighted by molar-refractivity contribution is -0.204. The van der Waals surface area contributed by atoms with Crippen LogP contribution in [0.2, 0.25) is 0 Å². The van der Waals surface area contributed by atoms with Crippen LogP contribution in [0.1, 0.15) is 28.7 Å². The zero-order valence-electron chi connectivity index (χ0n) is 22.4. The van der Waals surface area contributed by atoms with Gasteiger partial charge in [-0.3, -0.25) is 0 Å². The highest BCUT2D eigenvalue weighted by Gasteiger charge is 2.41. The Balaban J connectivity index is 1.33. The first kappa shape index (κ1) is 27.6. The number of ether oxygens (including phenoxy) is 4.